The van der Waals surface area contributed by atoms with E-state index < -0.39 is 6.04 Å². The SMILES string of the molecule is NC(Cc1cnc[nH]1)c1nc(-c2ncc(Br)cc2Br)no1. The fourth-order valence-corrected chi connectivity index (χ4v) is 2.95. The van der Waals surface area contributed by atoms with Gasteiger partial charge in [0.15, 0.2) is 0 Å². The number of halogens is 2. The maximum Gasteiger partial charge on any atom is 0.244 e. The van der Waals surface area contributed by atoms with Crippen molar-refractivity contribution in [2.24, 2.45) is 5.73 Å². The number of nitrogens with two attached hydrogens (primary N) is 1. The number of hydrogen-bond donors (Lipinski definition) is 2. The molecule has 0 saturated carbocycles. The van der Waals surface area contributed by atoms with Gasteiger partial charge in [-0.05, 0) is 37.9 Å². The largest absolute Gasteiger partial charge is 0.348 e. The fraction of sp³-hybridized carbons (Fsp3) is 0.167. The zero-order chi connectivity index (χ0) is 14.8. The van der Waals surface area contributed by atoms with Crippen molar-refractivity contribution in [3.63, 3.8) is 0 Å². The molecule has 3 rings (SSSR count). The molecule has 0 aliphatic heterocycles. The van der Waals surface area contributed by atoms with Crippen molar-refractivity contribution < 1.29 is 4.52 Å². The molecule has 9 heteroatoms. The van der Waals surface area contributed by atoms with Crippen LogP contribution >= 0.6 is 31.9 Å². The number of imidazole rings is 1. The molecule has 0 amide bonds. The minimum Gasteiger partial charge on any atom is -0.348 e. The van der Waals surface area contributed by atoms with Gasteiger partial charge in [0.05, 0.1) is 12.4 Å². The van der Waals surface area contributed by atoms with Gasteiger partial charge in [0.25, 0.3) is 0 Å². The maximum absolute atomic E-state index is 6.06. The summed E-state index contributed by atoms with van der Waals surface area (Å²) in [7, 11) is 0. The first-order valence-electron chi connectivity index (χ1n) is 6.01. The lowest BCUT2D eigenvalue weighted by Crippen LogP contribution is -2.14. The van der Waals surface area contributed by atoms with E-state index in [0.717, 1.165) is 14.6 Å². The summed E-state index contributed by atoms with van der Waals surface area (Å²) in [6.07, 6.45) is 5.52. The Kier molecular flexibility index (Phi) is 4.13. The molecule has 7 nitrogen and oxygen atoms in total. The molecule has 1 atom stereocenters. The van der Waals surface area contributed by atoms with Crippen LogP contribution in [0.15, 0.2) is 38.3 Å². The predicted octanol–water partition coefficient (Wildman–Crippen LogP) is 2.62. The smallest absolute Gasteiger partial charge is 0.244 e. The second kappa shape index (κ2) is 6.04. The average Bonchev–Trinajstić information content (AvgIpc) is 3.09. The van der Waals surface area contributed by atoms with E-state index in [1.165, 1.54) is 0 Å². The normalized spacial score (nSPS) is 12.5. The summed E-state index contributed by atoms with van der Waals surface area (Å²) in [6, 6.07) is 1.46. The highest BCUT2D eigenvalue weighted by Crippen LogP contribution is 2.27. The van der Waals surface area contributed by atoms with Gasteiger partial charge in [0.1, 0.15) is 5.69 Å². The number of hydrogen-bond acceptors (Lipinski definition) is 6. The van der Waals surface area contributed by atoms with Crippen LogP contribution < -0.4 is 5.73 Å². The highest BCUT2D eigenvalue weighted by molar-refractivity contribution is 9.11. The second-order valence-electron chi connectivity index (χ2n) is 4.33. The molecular weight excluding hydrogens is 404 g/mol. The zero-order valence-electron chi connectivity index (χ0n) is 10.6. The summed E-state index contributed by atoms with van der Waals surface area (Å²) in [4.78, 5) is 15.5. The van der Waals surface area contributed by atoms with E-state index in [-0.39, 0.29) is 0 Å². The topological polar surface area (TPSA) is 107 Å². The number of rotatable bonds is 4. The number of aromatic nitrogens is 5. The van der Waals surface area contributed by atoms with Crippen molar-refractivity contribution in [3.05, 3.63) is 45.3 Å². The highest BCUT2D eigenvalue weighted by atomic mass is 79.9. The first-order chi connectivity index (χ1) is 10.1. The molecule has 3 aromatic heterocycles. The van der Waals surface area contributed by atoms with Gasteiger partial charge >= 0.3 is 0 Å². The van der Waals surface area contributed by atoms with Crippen LogP contribution in [0, 0.1) is 0 Å². The van der Waals surface area contributed by atoms with Gasteiger partial charge in [-0.1, -0.05) is 5.16 Å². The van der Waals surface area contributed by atoms with Crippen LogP contribution in [-0.4, -0.2) is 25.1 Å². The Bertz CT molecular complexity index is 742. The van der Waals surface area contributed by atoms with Crippen LogP contribution in [0.1, 0.15) is 17.6 Å². The fourth-order valence-electron chi connectivity index (χ4n) is 1.78. The number of nitrogens with one attached hydrogen (secondary N) is 1. The van der Waals surface area contributed by atoms with Crippen molar-refractivity contribution >= 4 is 31.9 Å². The van der Waals surface area contributed by atoms with Crippen LogP contribution in [0.5, 0.6) is 0 Å². The highest BCUT2D eigenvalue weighted by Gasteiger charge is 2.18. The number of pyridine rings is 1. The number of H-pyrrole nitrogens is 1. The molecule has 0 fully saturated rings. The third-order valence-electron chi connectivity index (χ3n) is 2.77. The Morgan fingerprint density at radius 3 is 2.90 bits per heavy atom. The van der Waals surface area contributed by atoms with Crippen LogP contribution in [0.2, 0.25) is 0 Å². The monoisotopic (exact) mass is 412 g/mol. The number of nitrogens with zero attached hydrogens (tertiary/aromatic N) is 4. The lowest BCUT2D eigenvalue weighted by molar-refractivity contribution is 0.353. The van der Waals surface area contributed by atoms with Crippen molar-refractivity contribution in [1.82, 2.24) is 25.1 Å². The van der Waals surface area contributed by atoms with Gasteiger partial charge < -0.3 is 15.2 Å². The summed E-state index contributed by atoms with van der Waals surface area (Å²) in [5.41, 5.74) is 7.56. The Hall–Kier alpha value is -1.58. The third kappa shape index (κ3) is 3.20. The van der Waals surface area contributed by atoms with Gasteiger partial charge in [-0.2, -0.15) is 4.98 Å². The van der Waals surface area contributed by atoms with Crippen molar-refractivity contribution in [3.8, 4) is 11.5 Å². The Labute approximate surface area is 136 Å². The van der Waals surface area contributed by atoms with Crippen LogP contribution in [0.3, 0.4) is 0 Å². The van der Waals surface area contributed by atoms with Gasteiger partial charge in [-0.15, -0.1) is 0 Å². The van der Waals surface area contributed by atoms with Crippen LogP contribution in [0.25, 0.3) is 11.5 Å². The summed E-state index contributed by atoms with van der Waals surface area (Å²) in [5.74, 6) is 0.751. The van der Waals surface area contributed by atoms with Gasteiger partial charge in [-0.3, -0.25) is 4.98 Å². The van der Waals surface area contributed by atoms with Crippen molar-refractivity contribution in [2.45, 2.75) is 12.5 Å². The minimum absolute atomic E-state index is 0.358. The first kappa shape index (κ1) is 14.4. The summed E-state index contributed by atoms with van der Waals surface area (Å²) in [5, 5.41) is 3.93. The summed E-state index contributed by atoms with van der Waals surface area (Å²) < 4.78 is 6.85. The van der Waals surface area contributed by atoms with Gasteiger partial charge in [-0.25, -0.2) is 4.98 Å². The molecule has 0 radical (unpaired) electrons. The van der Waals surface area contributed by atoms with Gasteiger partial charge in [0, 0.05) is 33.5 Å². The van der Waals surface area contributed by atoms with Crippen molar-refractivity contribution in [1.29, 1.82) is 0 Å². The molecule has 3 heterocycles. The van der Waals surface area contributed by atoms with Crippen LogP contribution in [-0.2, 0) is 6.42 Å². The van der Waals surface area contributed by atoms with E-state index in [4.69, 9.17) is 10.3 Å². The van der Waals surface area contributed by atoms with E-state index in [0.29, 0.717) is 23.8 Å². The lowest BCUT2D eigenvalue weighted by Gasteiger charge is -2.03. The standard InChI is InChI=1S/C12H10Br2N6O/c13-6-1-8(14)10(17-3-6)11-19-12(21-20-11)9(15)2-7-4-16-5-18-7/h1,3-5,9H,2,15H2,(H,16,18). The molecule has 0 aliphatic carbocycles. The molecule has 3 N–H and O–H groups in total. The third-order valence-corrected chi connectivity index (χ3v) is 3.81. The molecule has 0 bridgehead atoms. The molecule has 0 aromatic carbocycles. The quantitative estimate of drug-likeness (QED) is 0.680. The lowest BCUT2D eigenvalue weighted by atomic mass is 10.2. The maximum atomic E-state index is 6.06. The summed E-state index contributed by atoms with van der Waals surface area (Å²) in [6.45, 7) is 0. The van der Waals surface area contributed by atoms with Crippen molar-refractivity contribution in [2.75, 3.05) is 0 Å². The molecule has 108 valence electrons. The molecule has 21 heavy (non-hydrogen) atoms. The molecule has 3 aromatic rings. The molecule has 0 saturated heterocycles. The van der Waals surface area contributed by atoms with E-state index in [2.05, 4.69) is 57.0 Å². The zero-order valence-corrected chi connectivity index (χ0v) is 13.8. The van der Waals surface area contributed by atoms with Crippen LogP contribution in [0.4, 0.5) is 0 Å². The minimum atomic E-state index is -0.402. The van der Waals surface area contributed by atoms with Gasteiger partial charge in [0.2, 0.25) is 11.7 Å². The molecule has 1 unspecified atom stereocenters. The number of aromatic amines is 1. The van der Waals surface area contributed by atoms with E-state index in [9.17, 15) is 0 Å². The Morgan fingerprint density at radius 1 is 1.33 bits per heavy atom. The molecule has 0 aliphatic rings. The molecule has 0 spiro atoms. The first-order valence-corrected chi connectivity index (χ1v) is 7.60. The average molecular weight is 414 g/mol. The molecular formula is C12H10Br2N6O. The summed E-state index contributed by atoms with van der Waals surface area (Å²) >= 11 is 6.76. The second-order valence-corrected chi connectivity index (χ2v) is 6.10. The Morgan fingerprint density at radius 2 is 2.19 bits per heavy atom. The Balaban J connectivity index is 1.82. The van der Waals surface area contributed by atoms with E-state index in [1.807, 2.05) is 6.07 Å². The van der Waals surface area contributed by atoms with E-state index in [1.54, 1.807) is 18.7 Å². The predicted molar refractivity (Wildman–Crippen MR) is 82.1 cm³/mol. The van der Waals surface area contributed by atoms with E-state index >= 15 is 0 Å².